The van der Waals surface area contributed by atoms with Crippen LogP contribution in [0.25, 0.3) is 5.82 Å². The number of aromatic nitrogens is 4. The van der Waals surface area contributed by atoms with E-state index in [0.717, 1.165) is 17.8 Å². The van der Waals surface area contributed by atoms with E-state index in [1.54, 1.807) is 9.58 Å². The smallest absolute Gasteiger partial charge is 0.406 e. The van der Waals surface area contributed by atoms with Gasteiger partial charge in [0.2, 0.25) is 0 Å². The Labute approximate surface area is 181 Å². The number of rotatable bonds is 4. The molecule has 0 unspecified atom stereocenters. The zero-order valence-electron chi connectivity index (χ0n) is 17.1. The number of carbonyl (C=O) groups is 1. The second kappa shape index (κ2) is 8.73. The molecule has 0 bridgehead atoms. The number of ether oxygens (including phenoxy) is 1. The highest BCUT2D eigenvalue weighted by Crippen LogP contribution is 2.24. The molecule has 2 aromatic heterocycles. The molecule has 1 saturated heterocycles. The van der Waals surface area contributed by atoms with Crippen LogP contribution in [0, 0.1) is 6.92 Å². The Morgan fingerprint density at radius 3 is 2.19 bits per heavy atom. The molecule has 0 atom stereocenters. The second-order valence-corrected chi connectivity index (χ2v) is 7.13. The summed E-state index contributed by atoms with van der Waals surface area (Å²) in [6.45, 7) is 3.96. The number of urea groups is 1. The molecule has 0 spiro atoms. The van der Waals surface area contributed by atoms with Crippen LogP contribution in [0.15, 0.2) is 48.7 Å². The van der Waals surface area contributed by atoms with Gasteiger partial charge >= 0.3 is 12.4 Å². The SMILES string of the molecule is Cc1ccn(-c2ccc(N3CCN(C(=O)Nc4ccc(OC(F)(F)F)cc4)CC3)nn2)n1. The number of nitrogens with zero attached hydrogens (tertiary/aromatic N) is 6. The van der Waals surface area contributed by atoms with Gasteiger partial charge in [0.15, 0.2) is 11.6 Å². The fraction of sp³-hybridized carbons (Fsp3) is 0.300. The van der Waals surface area contributed by atoms with Crippen molar-refractivity contribution in [3.05, 3.63) is 54.4 Å². The second-order valence-electron chi connectivity index (χ2n) is 7.13. The van der Waals surface area contributed by atoms with E-state index in [9.17, 15) is 18.0 Å². The third-order valence-electron chi connectivity index (χ3n) is 4.82. The zero-order valence-corrected chi connectivity index (χ0v) is 17.1. The molecule has 3 heterocycles. The lowest BCUT2D eigenvalue weighted by molar-refractivity contribution is -0.274. The van der Waals surface area contributed by atoms with Crippen molar-refractivity contribution in [2.75, 3.05) is 36.4 Å². The maximum Gasteiger partial charge on any atom is 0.573 e. The van der Waals surface area contributed by atoms with Crippen molar-refractivity contribution in [2.24, 2.45) is 0 Å². The van der Waals surface area contributed by atoms with Crippen molar-refractivity contribution in [3.63, 3.8) is 0 Å². The van der Waals surface area contributed by atoms with Crippen LogP contribution in [0.3, 0.4) is 0 Å². The Hall–Kier alpha value is -3.83. The standard InChI is InChI=1S/C20H20F3N7O2/c1-14-8-9-30(27-14)18-7-6-17(25-26-18)28-10-12-29(13-11-28)19(31)24-15-2-4-16(5-3-15)32-20(21,22)23/h2-9H,10-13H2,1H3,(H,24,31). The summed E-state index contributed by atoms with van der Waals surface area (Å²) in [4.78, 5) is 16.1. The van der Waals surface area contributed by atoms with Gasteiger partial charge in [-0.1, -0.05) is 0 Å². The Kier molecular flexibility index (Phi) is 5.84. The van der Waals surface area contributed by atoms with Gasteiger partial charge in [0.25, 0.3) is 0 Å². The average molecular weight is 447 g/mol. The molecular weight excluding hydrogens is 427 g/mol. The molecular formula is C20H20F3N7O2. The molecule has 168 valence electrons. The fourth-order valence-electron chi connectivity index (χ4n) is 3.23. The van der Waals surface area contributed by atoms with Crippen LogP contribution in [-0.2, 0) is 0 Å². The summed E-state index contributed by atoms with van der Waals surface area (Å²) >= 11 is 0. The first kappa shape index (κ1) is 21.4. The van der Waals surface area contributed by atoms with Crippen LogP contribution in [-0.4, -0.2) is 63.5 Å². The fourth-order valence-corrected chi connectivity index (χ4v) is 3.23. The minimum Gasteiger partial charge on any atom is -0.406 e. The van der Waals surface area contributed by atoms with Gasteiger partial charge in [0.1, 0.15) is 5.75 Å². The molecule has 32 heavy (non-hydrogen) atoms. The third-order valence-corrected chi connectivity index (χ3v) is 4.82. The Balaban J connectivity index is 1.29. The van der Waals surface area contributed by atoms with E-state index in [4.69, 9.17) is 0 Å². The monoisotopic (exact) mass is 447 g/mol. The molecule has 0 aliphatic carbocycles. The minimum absolute atomic E-state index is 0.329. The average Bonchev–Trinajstić information content (AvgIpc) is 3.21. The topological polar surface area (TPSA) is 88.4 Å². The van der Waals surface area contributed by atoms with Crippen LogP contribution < -0.4 is 15.0 Å². The third kappa shape index (κ3) is 5.25. The number of halogens is 3. The van der Waals surface area contributed by atoms with E-state index in [2.05, 4.69) is 25.3 Å². The highest BCUT2D eigenvalue weighted by molar-refractivity contribution is 5.89. The number of piperazine rings is 1. The zero-order chi connectivity index (χ0) is 22.7. The first-order valence-corrected chi connectivity index (χ1v) is 9.80. The number of benzene rings is 1. The predicted octanol–water partition coefficient (Wildman–Crippen LogP) is 3.22. The molecule has 4 rings (SSSR count). The number of amides is 2. The van der Waals surface area contributed by atoms with Gasteiger partial charge in [-0.05, 0) is 49.4 Å². The number of hydrogen-bond acceptors (Lipinski definition) is 6. The van der Waals surface area contributed by atoms with E-state index in [-0.39, 0.29) is 11.8 Å². The van der Waals surface area contributed by atoms with Gasteiger partial charge < -0.3 is 19.9 Å². The summed E-state index contributed by atoms with van der Waals surface area (Å²) in [6, 6.07) is 10.2. The van der Waals surface area contributed by atoms with Gasteiger partial charge in [-0.25, -0.2) is 9.48 Å². The highest BCUT2D eigenvalue weighted by Gasteiger charge is 2.31. The number of anilines is 2. The highest BCUT2D eigenvalue weighted by atomic mass is 19.4. The first-order chi connectivity index (χ1) is 15.3. The molecule has 3 aromatic rings. The summed E-state index contributed by atoms with van der Waals surface area (Å²) in [7, 11) is 0. The molecule has 2 amide bonds. The normalized spacial score (nSPS) is 14.4. The van der Waals surface area contributed by atoms with Gasteiger partial charge in [-0.2, -0.15) is 5.10 Å². The summed E-state index contributed by atoms with van der Waals surface area (Å²) in [5.41, 5.74) is 1.26. The summed E-state index contributed by atoms with van der Waals surface area (Å²) in [5.74, 6) is 0.975. The number of hydrogen-bond donors (Lipinski definition) is 1. The van der Waals surface area contributed by atoms with Crippen molar-refractivity contribution in [1.29, 1.82) is 0 Å². The van der Waals surface area contributed by atoms with Gasteiger partial charge in [-0.15, -0.1) is 23.4 Å². The molecule has 1 aliphatic heterocycles. The molecule has 1 aromatic carbocycles. The Morgan fingerprint density at radius 2 is 1.62 bits per heavy atom. The van der Waals surface area contributed by atoms with E-state index in [1.165, 1.54) is 12.1 Å². The number of carbonyl (C=O) groups excluding carboxylic acids is 1. The van der Waals surface area contributed by atoms with Crippen molar-refractivity contribution in [3.8, 4) is 11.6 Å². The molecule has 1 N–H and O–H groups in total. The summed E-state index contributed by atoms with van der Waals surface area (Å²) < 4.78 is 42.2. The Bertz CT molecular complexity index is 1060. The van der Waals surface area contributed by atoms with E-state index in [1.807, 2.05) is 36.2 Å². The minimum atomic E-state index is -4.76. The lowest BCUT2D eigenvalue weighted by Crippen LogP contribution is -2.50. The molecule has 12 heteroatoms. The summed E-state index contributed by atoms with van der Waals surface area (Å²) in [5, 5.41) is 15.5. The van der Waals surface area contributed by atoms with Gasteiger partial charge in [0, 0.05) is 38.1 Å². The van der Waals surface area contributed by atoms with E-state index in [0.29, 0.717) is 43.5 Å². The van der Waals surface area contributed by atoms with Crippen LogP contribution >= 0.6 is 0 Å². The molecule has 1 aliphatic rings. The molecule has 9 nitrogen and oxygen atoms in total. The number of aryl methyl sites for hydroxylation is 1. The maximum atomic E-state index is 12.5. The summed E-state index contributed by atoms with van der Waals surface area (Å²) in [6.07, 6.45) is -2.94. The lowest BCUT2D eigenvalue weighted by atomic mass is 10.3. The van der Waals surface area contributed by atoms with Crippen molar-refractivity contribution in [2.45, 2.75) is 13.3 Å². The van der Waals surface area contributed by atoms with Crippen LogP contribution in [0.5, 0.6) is 5.75 Å². The van der Waals surface area contributed by atoms with E-state index < -0.39 is 6.36 Å². The Morgan fingerprint density at radius 1 is 0.969 bits per heavy atom. The van der Waals surface area contributed by atoms with Crippen LogP contribution in [0.4, 0.5) is 29.5 Å². The first-order valence-electron chi connectivity index (χ1n) is 9.80. The van der Waals surface area contributed by atoms with Crippen LogP contribution in [0.2, 0.25) is 0 Å². The number of nitrogens with one attached hydrogen (secondary N) is 1. The quantitative estimate of drug-likeness (QED) is 0.661. The van der Waals surface area contributed by atoms with Gasteiger partial charge in [-0.3, -0.25) is 0 Å². The maximum absolute atomic E-state index is 12.5. The number of alkyl halides is 3. The van der Waals surface area contributed by atoms with Gasteiger partial charge in [0.05, 0.1) is 5.69 Å². The molecule has 1 fully saturated rings. The molecule has 0 saturated carbocycles. The predicted molar refractivity (Wildman–Crippen MR) is 110 cm³/mol. The van der Waals surface area contributed by atoms with Crippen LogP contribution in [0.1, 0.15) is 5.69 Å². The van der Waals surface area contributed by atoms with E-state index >= 15 is 0 Å². The largest absolute Gasteiger partial charge is 0.573 e. The molecule has 0 radical (unpaired) electrons. The van der Waals surface area contributed by atoms with Crippen molar-refractivity contribution in [1.82, 2.24) is 24.9 Å². The van der Waals surface area contributed by atoms with Crippen molar-refractivity contribution >= 4 is 17.5 Å². The lowest BCUT2D eigenvalue weighted by Gasteiger charge is -2.35. The van der Waals surface area contributed by atoms with Crippen molar-refractivity contribution < 1.29 is 22.7 Å².